The summed E-state index contributed by atoms with van der Waals surface area (Å²) in [7, 11) is 0. The number of rotatable bonds is 8. The van der Waals surface area contributed by atoms with Crippen LogP contribution in [0.3, 0.4) is 0 Å². The van der Waals surface area contributed by atoms with Gasteiger partial charge in [-0.1, -0.05) is 35.9 Å². The minimum atomic E-state index is -0.300. The first kappa shape index (κ1) is 22.2. The number of amides is 1. The normalized spacial score (nSPS) is 15.8. The summed E-state index contributed by atoms with van der Waals surface area (Å²) in [6, 6.07) is 18.6. The molecule has 7 heteroatoms. The smallest absolute Gasteiger partial charge is 0.224 e. The Kier molecular flexibility index (Phi) is 7.69. The van der Waals surface area contributed by atoms with Gasteiger partial charge in [-0.25, -0.2) is 4.98 Å². The maximum atomic E-state index is 13.1. The maximum absolute atomic E-state index is 13.1. The summed E-state index contributed by atoms with van der Waals surface area (Å²) < 4.78 is 5.69. The lowest BCUT2D eigenvalue weighted by atomic mass is 9.94. The fraction of sp³-hybridized carbons (Fsp3) is 0.320. The first-order chi connectivity index (χ1) is 15.7. The standard InChI is InChI=1S/C25H27ClN4O2/c26-21-9-7-19(8-10-21)24(22-5-1-3-13-27-22)29-25(31)20-11-15-30(16-12-20)17-18-32-23-6-2-4-14-28-23/h1-10,13-14,20,24H,11-12,15-18H2,(H,29,31)/t24-/m0/s1. The molecule has 1 atom stereocenters. The van der Waals surface area contributed by atoms with E-state index in [1.54, 1.807) is 12.4 Å². The summed E-state index contributed by atoms with van der Waals surface area (Å²) in [6.45, 7) is 3.16. The number of nitrogens with zero attached hydrogens (tertiary/aromatic N) is 3. The van der Waals surface area contributed by atoms with E-state index in [1.807, 2.05) is 60.7 Å². The number of aromatic nitrogens is 2. The van der Waals surface area contributed by atoms with E-state index < -0.39 is 0 Å². The number of ether oxygens (including phenoxy) is 1. The first-order valence-electron chi connectivity index (χ1n) is 10.9. The van der Waals surface area contributed by atoms with Crippen LogP contribution in [0.4, 0.5) is 0 Å². The number of halogens is 1. The average Bonchev–Trinajstić information content (AvgIpc) is 2.85. The Hall–Kier alpha value is -2.96. The number of hydrogen-bond donors (Lipinski definition) is 1. The van der Waals surface area contributed by atoms with E-state index in [-0.39, 0.29) is 17.9 Å². The van der Waals surface area contributed by atoms with Crippen molar-refractivity contribution in [3.05, 3.63) is 89.3 Å². The third kappa shape index (κ3) is 6.05. The molecular formula is C25H27ClN4O2. The number of piperidine rings is 1. The molecular weight excluding hydrogens is 424 g/mol. The van der Waals surface area contributed by atoms with Gasteiger partial charge < -0.3 is 10.1 Å². The highest BCUT2D eigenvalue weighted by molar-refractivity contribution is 6.30. The third-order valence-electron chi connectivity index (χ3n) is 5.73. The monoisotopic (exact) mass is 450 g/mol. The molecule has 32 heavy (non-hydrogen) atoms. The number of likely N-dealkylation sites (tertiary alicyclic amines) is 1. The van der Waals surface area contributed by atoms with Gasteiger partial charge in [0.1, 0.15) is 6.61 Å². The van der Waals surface area contributed by atoms with Crippen molar-refractivity contribution in [2.24, 2.45) is 5.92 Å². The van der Waals surface area contributed by atoms with Crippen LogP contribution in [0.25, 0.3) is 0 Å². The minimum absolute atomic E-state index is 0.0125. The number of benzene rings is 1. The molecule has 1 aliphatic rings. The molecule has 2 aromatic heterocycles. The van der Waals surface area contributed by atoms with Crippen LogP contribution in [0, 0.1) is 5.92 Å². The quantitative estimate of drug-likeness (QED) is 0.559. The third-order valence-corrected chi connectivity index (χ3v) is 5.98. The summed E-state index contributed by atoms with van der Waals surface area (Å²) in [5, 5.41) is 3.89. The Bertz CT molecular complexity index is 978. The highest BCUT2D eigenvalue weighted by atomic mass is 35.5. The molecule has 1 aliphatic heterocycles. The van der Waals surface area contributed by atoms with Gasteiger partial charge in [0.2, 0.25) is 11.8 Å². The molecule has 3 heterocycles. The highest BCUT2D eigenvalue weighted by Gasteiger charge is 2.27. The van der Waals surface area contributed by atoms with Crippen molar-refractivity contribution in [1.29, 1.82) is 0 Å². The number of nitrogens with one attached hydrogen (secondary N) is 1. The molecule has 166 valence electrons. The molecule has 0 radical (unpaired) electrons. The van der Waals surface area contributed by atoms with Crippen LogP contribution in [0.2, 0.25) is 5.02 Å². The molecule has 1 fully saturated rings. The van der Waals surface area contributed by atoms with E-state index in [0.29, 0.717) is 17.5 Å². The minimum Gasteiger partial charge on any atom is -0.476 e. The van der Waals surface area contributed by atoms with E-state index in [2.05, 4.69) is 20.2 Å². The van der Waals surface area contributed by atoms with Gasteiger partial charge >= 0.3 is 0 Å². The van der Waals surface area contributed by atoms with Crippen molar-refractivity contribution in [1.82, 2.24) is 20.2 Å². The largest absolute Gasteiger partial charge is 0.476 e. The second-order valence-corrected chi connectivity index (χ2v) is 8.32. The van der Waals surface area contributed by atoms with Crippen LogP contribution in [-0.2, 0) is 4.79 Å². The molecule has 0 saturated carbocycles. The van der Waals surface area contributed by atoms with Gasteiger partial charge in [0.25, 0.3) is 0 Å². The van der Waals surface area contributed by atoms with Gasteiger partial charge in [-0.15, -0.1) is 0 Å². The van der Waals surface area contributed by atoms with Crippen LogP contribution >= 0.6 is 11.6 Å². The van der Waals surface area contributed by atoms with E-state index in [9.17, 15) is 4.79 Å². The van der Waals surface area contributed by atoms with Crippen molar-refractivity contribution in [3.63, 3.8) is 0 Å². The summed E-state index contributed by atoms with van der Waals surface area (Å²) in [5.74, 6) is 0.700. The molecule has 0 bridgehead atoms. The zero-order valence-corrected chi connectivity index (χ0v) is 18.6. The number of carbonyl (C=O) groups excluding carboxylic acids is 1. The summed E-state index contributed by atoms with van der Waals surface area (Å²) >= 11 is 6.05. The van der Waals surface area contributed by atoms with Gasteiger partial charge in [-0.2, -0.15) is 0 Å². The van der Waals surface area contributed by atoms with Gasteiger partial charge in [0, 0.05) is 35.9 Å². The van der Waals surface area contributed by atoms with Crippen molar-refractivity contribution in [2.75, 3.05) is 26.2 Å². The summed E-state index contributed by atoms with van der Waals surface area (Å²) in [4.78, 5) is 24.1. The highest BCUT2D eigenvalue weighted by Crippen LogP contribution is 2.24. The van der Waals surface area contributed by atoms with Crippen molar-refractivity contribution >= 4 is 17.5 Å². The van der Waals surface area contributed by atoms with E-state index >= 15 is 0 Å². The van der Waals surface area contributed by atoms with Crippen LogP contribution in [0.15, 0.2) is 73.1 Å². The Balaban J connectivity index is 1.31. The fourth-order valence-corrected chi connectivity index (χ4v) is 4.05. The fourth-order valence-electron chi connectivity index (χ4n) is 3.92. The molecule has 0 spiro atoms. The molecule has 1 aromatic carbocycles. The van der Waals surface area contributed by atoms with E-state index in [4.69, 9.17) is 16.3 Å². The van der Waals surface area contributed by atoms with Gasteiger partial charge in [0.15, 0.2) is 0 Å². The Labute approximate surface area is 193 Å². The predicted molar refractivity (Wildman–Crippen MR) is 125 cm³/mol. The number of carbonyl (C=O) groups is 1. The average molecular weight is 451 g/mol. The Morgan fingerprint density at radius 3 is 2.41 bits per heavy atom. The molecule has 1 amide bonds. The second-order valence-electron chi connectivity index (χ2n) is 7.88. The van der Waals surface area contributed by atoms with Gasteiger partial charge in [-0.05, 0) is 61.8 Å². The first-order valence-corrected chi connectivity index (χ1v) is 11.3. The van der Waals surface area contributed by atoms with E-state index in [0.717, 1.165) is 43.7 Å². The Morgan fingerprint density at radius 2 is 1.75 bits per heavy atom. The lowest BCUT2D eigenvalue weighted by Gasteiger charge is -2.32. The van der Waals surface area contributed by atoms with Crippen LogP contribution in [0.1, 0.15) is 30.1 Å². The van der Waals surface area contributed by atoms with Crippen LogP contribution < -0.4 is 10.1 Å². The molecule has 0 aliphatic carbocycles. The van der Waals surface area contributed by atoms with Crippen molar-refractivity contribution in [2.45, 2.75) is 18.9 Å². The zero-order valence-electron chi connectivity index (χ0n) is 17.9. The number of hydrogen-bond acceptors (Lipinski definition) is 5. The van der Waals surface area contributed by atoms with Crippen molar-refractivity contribution < 1.29 is 9.53 Å². The number of pyridine rings is 2. The predicted octanol–water partition coefficient (Wildman–Crippen LogP) is 4.13. The van der Waals surface area contributed by atoms with Crippen molar-refractivity contribution in [3.8, 4) is 5.88 Å². The lowest BCUT2D eigenvalue weighted by molar-refractivity contribution is -0.127. The molecule has 4 rings (SSSR count). The molecule has 1 N–H and O–H groups in total. The van der Waals surface area contributed by atoms with Crippen LogP contribution in [-0.4, -0.2) is 47.0 Å². The Morgan fingerprint density at radius 1 is 1.03 bits per heavy atom. The van der Waals surface area contributed by atoms with Gasteiger partial charge in [0.05, 0.1) is 11.7 Å². The maximum Gasteiger partial charge on any atom is 0.224 e. The molecule has 3 aromatic rings. The topological polar surface area (TPSA) is 67.4 Å². The SMILES string of the molecule is O=C(N[C@@H](c1ccc(Cl)cc1)c1ccccn1)C1CCN(CCOc2ccccn2)CC1. The summed E-state index contributed by atoms with van der Waals surface area (Å²) in [6.07, 6.45) is 5.12. The van der Waals surface area contributed by atoms with Gasteiger partial charge in [-0.3, -0.25) is 14.7 Å². The second kappa shape index (κ2) is 11.1. The van der Waals surface area contributed by atoms with Crippen LogP contribution in [0.5, 0.6) is 5.88 Å². The summed E-state index contributed by atoms with van der Waals surface area (Å²) in [5.41, 5.74) is 1.78. The molecule has 6 nitrogen and oxygen atoms in total. The lowest BCUT2D eigenvalue weighted by Crippen LogP contribution is -2.43. The molecule has 1 saturated heterocycles. The zero-order chi connectivity index (χ0) is 22.2. The van der Waals surface area contributed by atoms with E-state index in [1.165, 1.54) is 0 Å². The molecule has 0 unspecified atom stereocenters.